The molecule has 1 amide bonds. The van der Waals surface area contributed by atoms with Crippen LogP contribution in [0.4, 0.5) is 11.5 Å². The number of anilines is 2. The Labute approximate surface area is 165 Å². The van der Waals surface area contributed by atoms with Crippen LogP contribution in [0, 0.1) is 0 Å². The maximum Gasteiger partial charge on any atom is 0.274 e. The fourth-order valence-electron chi connectivity index (χ4n) is 2.76. The van der Waals surface area contributed by atoms with E-state index in [-0.39, 0.29) is 5.91 Å². The van der Waals surface area contributed by atoms with Gasteiger partial charge in [-0.25, -0.2) is 9.97 Å². The lowest BCUT2D eigenvalue weighted by atomic mass is 10.1. The summed E-state index contributed by atoms with van der Waals surface area (Å²) in [6.45, 7) is 2.78. The molecule has 28 heavy (non-hydrogen) atoms. The van der Waals surface area contributed by atoms with Gasteiger partial charge in [-0.3, -0.25) is 4.79 Å². The zero-order valence-electron chi connectivity index (χ0n) is 16.1. The third-order valence-corrected chi connectivity index (χ3v) is 4.37. The van der Waals surface area contributed by atoms with Crippen LogP contribution in [-0.4, -0.2) is 29.5 Å². The van der Waals surface area contributed by atoms with Gasteiger partial charge in [0.25, 0.3) is 5.91 Å². The predicted molar refractivity (Wildman–Crippen MR) is 111 cm³/mol. The molecule has 0 fully saturated rings. The summed E-state index contributed by atoms with van der Waals surface area (Å²) >= 11 is 0. The van der Waals surface area contributed by atoms with Crippen LogP contribution in [0.25, 0.3) is 0 Å². The van der Waals surface area contributed by atoms with Crippen molar-refractivity contribution in [2.75, 3.05) is 24.3 Å². The zero-order chi connectivity index (χ0) is 19.8. The largest absolute Gasteiger partial charge is 0.497 e. The van der Waals surface area contributed by atoms with E-state index in [1.807, 2.05) is 48.5 Å². The van der Waals surface area contributed by atoms with E-state index >= 15 is 0 Å². The molecular formula is C22H24N4O2. The molecule has 3 rings (SSSR count). The zero-order valence-corrected chi connectivity index (χ0v) is 16.1. The van der Waals surface area contributed by atoms with Crippen LogP contribution < -0.4 is 15.4 Å². The molecule has 3 aromatic rings. The number of methoxy groups -OCH3 is 1. The van der Waals surface area contributed by atoms with E-state index in [1.54, 1.807) is 13.2 Å². The van der Waals surface area contributed by atoms with Gasteiger partial charge in [0.05, 0.1) is 7.11 Å². The normalized spacial score (nSPS) is 10.4. The fraction of sp³-hybridized carbons (Fsp3) is 0.227. The number of hydrogen-bond acceptors (Lipinski definition) is 5. The number of aromatic nitrogens is 2. The molecule has 6 nitrogen and oxygen atoms in total. The fourth-order valence-corrected chi connectivity index (χ4v) is 2.76. The van der Waals surface area contributed by atoms with E-state index in [0.717, 1.165) is 29.8 Å². The van der Waals surface area contributed by atoms with Crippen molar-refractivity contribution in [3.63, 3.8) is 0 Å². The van der Waals surface area contributed by atoms with Gasteiger partial charge in [0.2, 0.25) is 0 Å². The highest BCUT2D eigenvalue weighted by atomic mass is 16.5. The molecule has 0 atom stereocenters. The molecule has 0 saturated heterocycles. The van der Waals surface area contributed by atoms with Gasteiger partial charge in [0, 0.05) is 18.3 Å². The number of carbonyl (C=O) groups excluding carboxylic acids is 1. The molecule has 1 aromatic heterocycles. The molecule has 1 heterocycles. The molecule has 0 unspecified atom stereocenters. The van der Waals surface area contributed by atoms with Gasteiger partial charge in [-0.15, -0.1) is 0 Å². The van der Waals surface area contributed by atoms with Gasteiger partial charge in [-0.1, -0.05) is 31.2 Å². The molecule has 0 saturated carbocycles. The topological polar surface area (TPSA) is 76.1 Å². The van der Waals surface area contributed by atoms with Gasteiger partial charge < -0.3 is 15.4 Å². The van der Waals surface area contributed by atoms with Gasteiger partial charge >= 0.3 is 0 Å². The van der Waals surface area contributed by atoms with Gasteiger partial charge in [-0.2, -0.15) is 0 Å². The number of ether oxygens (including phenoxy) is 1. The van der Waals surface area contributed by atoms with Crippen molar-refractivity contribution in [2.45, 2.75) is 19.8 Å². The van der Waals surface area contributed by atoms with Crippen molar-refractivity contribution in [3.05, 3.63) is 77.7 Å². The Morgan fingerprint density at radius 2 is 1.86 bits per heavy atom. The lowest BCUT2D eigenvalue weighted by Crippen LogP contribution is -2.15. The quantitative estimate of drug-likeness (QED) is 0.622. The van der Waals surface area contributed by atoms with E-state index < -0.39 is 0 Å². The van der Waals surface area contributed by atoms with E-state index in [1.165, 1.54) is 11.9 Å². The summed E-state index contributed by atoms with van der Waals surface area (Å²) in [5.74, 6) is 1.19. The van der Waals surface area contributed by atoms with E-state index in [9.17, 15) is 4.79 Å². The van der Waals surface area contributed by atoms with Crippen LogP contribution in [0.15, 0.2) is 60.9 Å². The first-order valence-electron chi connectivity index (χ1n) is 9.27. The number of nitrogens with zero attached hydrogens (tertiary/aromatic N) is 2. The van der Waals surface area contributed by atoms with Gasteiger partial charge in [0.1, 0.15) is 23.6 Å². The highest BCUT2D eigenvalue weighted by Gasteiger charge is 2.09. The Morgan fingerprint density at radius 1 is 1.04 bits per heavy atom. The summed E-state index contributed by atoms with van der Waals surface area (Å²) in [7, 11) is 1.66. The number of amides is 1. The minimum Gasteiger partial charge on any atom is -0.497 e. The molecule has 0 aliphatic rings. The molecular weight excluding hydrogens is 352 g/mol. The number of rotatable bonds is 8. The first-order valence-corrected chi connectivity index (χ1v) is 9.27. The van der Waals surface area contributed by atoms with Crippen molar-refractivity contribution in [3.8, 4) is 5.75 Å². The SMILES string of the molecule is CCc1ccc(NC(=O)c2cc(NCCc3cccc(OC)c3)ncn2)cc1. The van der Waals surface area contributed by atoms with E-state index in [0.29, 0.717) is 18.1 Å². The molecule has 2 aromatic carbocycles. The Morgan fingerprint density at radius 3 is 2.61 bits per heavy atom. The summed E-state index contributed by atoms with van der Waals surface area (Å²) in [5, 5.41) is 6.09. The first kappa shape index (κ1) is 19.4. The van der Waals surface area contributed by atoms with Gasteiger partial charge in [-0.05, 0) is 48.2 Å². The Bertz CT molecular complexity index is 926. The molecule has 0 bridgehead atoms. The van der Waals surface area contributed by atoms with E-state index in [4.69, 9.17) is 4.74 Å². The Balaban J connectivity index is 1.57. The van der Waals surface area contributed by atoms with Crippen molar-refractivity contribution in [1.82, 2.24) is 9.97 Å². The second-order valence-corrected chi connectivity index (χ2v) is 6.32. The predicted octanol–water partition coefficient (Wildman–Crippen LogP) is 3.95. The molecule has 0 spiro atoms. The van der Waals surface area contributed by atoms with Crippen LogP contribution >= 0.6 is 0 Å². The van der Waals surface area contributed by atoms with Crippen molar-refractivity contribution >= 4 is 17.4 Å². The molecule has 2 N–H and O–H groups in total. The smallest absolute Gasteiger partial charge is 0.274 e. The second kappa shape index (κ2) is 9.50. The van der Waals surface area contributed by atoms with Crippen molar-refractivity contribution in [2.24, 2.45) is 0 Å². The molecule has 6 heteroatoms. The Kier molecular flexibility index (Phi) is 6.57. The maximum atomic E-state index is 12.4. The number of hydrogen-bond donors (Lipinski definition) is 2. The average molecular weight is 376 g/mol. The third kappa shape index (κ3) is 5.30. The van der Waals surface area contributed by atoms with E-state index in [2.05, 4.69) is 27.5 Å². The minimum atomic E-state index is -0.262. The summed E-state index contributed by atoms with van der Waals surface area (Å²) < 4.78 is 5.24. The minimum absolute atomic E-state index is 0.262. The molecule has 144 valence electrons. The van der Waals surface area contributed by atoms with Crippen molar-refractivity contribution in [1.29, 1.82) is 0 Å². The lowest BCUT2D eigenvalue weighted by Gasteiger charge is -2.09. The van der Waals surface area contributed by atoms with Crippen LogP contribution in [-0.2, 0) is 12.8 Å². The lowest BCUT2D eigenvalue weighted by molar-refractivity contribution is 0.102. The van der Waals surface area contributed by atoms with Crippen LogP contribution in [0.3, 0.4) is 0 Å². The summed E-state index contributed by atoms with van der Waals surface area (Å²) in [5.41, 5.74) is 3.45. The van der Waals surface area contributed by atoms with Crippen LogP contribution in [0.1, 0.15) is 28.5 Å². The summed E-state index contributed by atoms with van der Waals surface area (Å²) in [6, 6.07) is 17.4. The highest BCUT2D eigenvalue weighted by Crippen LogP contribution is 2.14. The molecule has 0 aliphatic heterocycles. The number of benzene rings is 2. The molecule has 0 aliphatic carbocycles. The van der Waals surface area contributed by atoms with Gasteiger partial charge in [0.15, 0.2) is 0 Å². The second-order valence-electron chi connectivity index (χ2n) is 6.32. The number of carbonyl (C=O) groups is 1. The van der Waals surface area contributed by atoms with Crippen LogP contribution in [0.5, 0.6) is 5.75 Å². The third-order valence-electron chi connectivity index (χ3n) is 4.37. The van der Waals surface area contributed by atoms with Crippen molar-refractivity contribution < 1.29 is 9.53 Å². The summed E-state index contributed by atoms with van der Waals surface area (Å²) in [6.07, 6.45) is 3.17. The maximum absolute atomic E-state index is 12.4. The van der Waals surface area contributed by atoms with Crippen LogP contribution in [0.2, 0.25) is 0 Å². The average Bonchev–Trinajstić information content (AvgIpc) is 2.74. The Hall–Kier alpha value is -3.41. The highest BCUT2D eigenvalue weighted by molar-refractivity contribution is 6.03. The molecule has 0 radical (unpaired) electrons. The standard InChI is InChI=1S/C22H24N4O2/c1-3-16-7-9-18(10-8-16)26-22(27)20-14-21(25-15-24-20)23-12-11-17-5-4-6-19(13-17)28-2/h4-10,13-15H,3,11-12H2,1-2H3,(H,26,27)(H,23,24,25). The summed E-state index contributed by atoms with van der Waals surface area (Å²) in [4.78, 5) is 20.7. The first-order chi connectivity index (χ1) is 13.7. The number of aryl methyl sites for hydroxylation is 1. The number of nitrogens with one attached hydrogen (secondary N) is 2. The monoisotopic (exact) mass is 376 g/mol.